The standard InChI is InChI=1S/C15H9F3N4O2S/c16-15(17,18)14-20-12(21-24-14)8-1-2-9-6-22(13(23)10(9)5-8)7-11-19-3-4-25-11/h1-5H,6-7H2. The summed E-state index contributed by atoms with van der Waals surface area (Å²) in [4.78, 5) is 21.7. The average Bonchev–Trinajstić information content (AvgIpc) is 3.29. The smallest absolute Gasteiger partial charge is 0.329 e. The summed E-state index contributed by atoms with van der Waals surface area (Å²) in [7, 11) is 0. The van der Waals surface area contributed by atoms with Gasteiger partial charge in [-0.15, -0.1) is 11.3 Å². The lowest BCUT2D eigenvalue weighted by Gasteiger charge is -2.13. The molecule has 0 N–H and O–H groups in total. The summed E-state index contributed by atoms with van der Waals surface area (Å²) < 4.78 is 41.9. The van der Waals surface area contributed by atoms with E-state index in [0.717, 1.165) is 10.6 Å². The molecule has 0 radical (unpaired) electrons. The summed E-state index contributed by atoms with van der Waals surface area (Å²) in [6.07, 6.45) is -3.04. The fourth-order valence-corrected chi connectivity index (χ4v) is 3.21. The van der Waals surface area contributed by atoms with Crippen molar-refractivity contribution in [3.8, 4) is 11.4 Å². The molecule has 0 aliphatic carbocycles. The third-order valence-corrected chi connectivity index (χ3v) is 4.49. The van der Waals surface area contributed by atoms with E-state index >= 15 is 0 Å². The minimum Gasteiger partial charge on any atom is -0.329 e. The highest BCUT2D eigenvalue weighted by Gasteiger charge is 2.38. The predicted molar refractivity (Wildman–Crippen MR) is 80.4 cm³/mol. The summed E-state index contributed by atoms with van der Waals surface area (Å²) in [5, 5.41) is 5.99. The number of rotatable bonds is 3. The van der Waals surface area contributed by atoms with E-state index < -0.39 is 12.1 Å². The first kappa shape index (κ1) is 15.8. The molecule has 0 saturated carbocycles. The number of fused-ring (bicyclic) bond motifs is 1. The monoisotopic (exact) mass is 366 g/mol. The third kappa shape index (κ3) is 2.88. The zero-order chi connectivity index (χ0) is 17.6. The van der Waals surface area contributed by atoms with Crippen LogP contribution in [0.1, 0.15) is 26.8 Å². The normalized spacial score (nSPS) is 14.2. The van der Waals surface area contributed by atoms with Gasteiger partial charge in [0.15, 0.2) is 0 Å². The van der Waals surface area contributed by atoms with Crippen molar-refractivity contribution in [1.29, 1.82) is 0 Å². The number of halogens is 3. The van der Waals surface area contributed by atoms with E-state index in [0.29, 0.717) is 24.2 Å². The van der Waals surface area contributed by atoms with Gasteiger partial charge in [-0.05, 0) is 11.6 Å². The number of hydrogen-bond acceptors (Lipinski definition) is 6. The number of amides is 1. The summed E-state index contributed by atoms with van der Waals surface area (Å²) in [6.45, 7) is 0.815. The lowest BCUT2D eigenvalue weighted by atomic mass is 10.1. The van der Waals surface area contributed by atoms with E-state index in [4.69, 9.17) is 0 Å². The second-order valence-electron chi connectivity index (χ2n) is 5.38. The van der Waals surface area contributed by atoms with Gasteiger partial charge in [0.1, 0.15) is 5.01 Å². The number of thiazole rings is 1. The zero-order valence-corrected chi connectivity index (χ0v) is 13.3. The molecule has 3 aromatic rings. The first-order valence-corrected chi connectivity index (χ1v) is 8.01. The number of aromatic nitrogens is 3. The van der Waals surface area contributed by atoms with Gasteiger partial charge in [0.05, 0.1) is 6.54 Å². The van der Waals surface area contributed by atoms with Crippen LogP contribution in [0.3, 0.4) is 0 Å². The molecule has 6 nitrogen and oxygen atoms in total. The zero-order valence-electron chi connectivity index (χ0n) is 12.4. The maximum atomic E-state index is 12.6. The maximum absolute atomic E-state index is 12.6. The van der Waals surface area contributed by atoms with E-state index in [-0.39, 0.29) is 11.7 Å². The summed E-state index contributed by atoms with van der Waals surface area (Å²) in [5.74, 6) is -1.83. The van der Waals surface area contributed by atoms with Crippen LogP contribution < -0.4 is 0 Å². The molecule has 0 atom stereocenters. The fraction of sp³-hybridized carbons (Fsp3) is 0.200. The molecule has 10 heteroatoms. The molecule has 25 heavy (non-hydrogen) atoms. The minimum absolute atomic E-state index is 0.202. The number of benzene rings is 1. The number of alkyl halides is 3. The summed E-state index contributed by atoms with van der Waals surface area (Å²) in [6, 6.07) is 4.75. The molecule has 0 bridgehead atoms. The van der Waals surface area contributed by atoms with Crippen LogP contribution >= 0.6 is 11.3 Å². The largest absolute Gasteiger partial charge is 0.471 e. The van der Waals surface area contributed by atoms with E-state index in [9.17, 15) is 18.0 Å². The minimum atomic E-state index is -4.71. The molecular formula is C15H9F3N4O2S. The number of carbonyl (C=O) groups excluding carboxylic acids is 1. The lowest BCUT2D eigenvalue weighted by Crippen LogP contribution is -2.23. The van der Waals surface area contributed by atoms with Crippen LogP contribution in [0.4, 0.5) is 13.2 Å². The topological polar surface area (TPSA) is 72.1 Å². The van der Waals surface area contributed by atoms with Gasteiger partial charge < -0.3 is 9.42 Å². The van der Waals surface area contributed by atoms with Crippen molar-refractivity contribution in [2.24, 2.45) is 0 Å². The van der Waals surface area contributed by atoms with Gasteiger partial charge in [-0.2, -0.15) is 18.2 Å². The molecular weight excluding hydrogens is 357 g/mol. The maximum Gasteiger partial charge on any atom is 0.471 e. The van der Waals surface area contributed by atoms with Gasteiger partial charge in [0.2, 0.25) is 5.82 Å². The van der Waals surface area contributed by atoms with Gasteiger partial charge >= 0.3 is 12.1 Å². The van der Waals surface area contributed by atoms with Gasteiger partial charge in [-0.3, -0.25) is 4.79 Å². The van der Waals surface area contributed by atoms with Crippen molar-refractivity contribution in [1.82, 2.24) is 20.0 Å². The van der Waals surface area contributed by atoms with Crippen LogP contribution in [-0.4, -0.2) is 25.9 Å². The van der Waals surface area contributed by atoms with Crippen LogP contribution in [0.25, 0.3) is 11.4 Å². The first-order chi connectivity index (χ1) is 11.9. The van der Waals surface area contributed by atoms with E-state index in [1.807, 2.05) is 5.38 Å². The Balaban J connectivity index is 1.61. The molecule has 128 valence electrons. The molecule has 1 aromatic carbocycles. The Morgan fingerprint density at radius 2 is 2.16 bits per heavy atom. The van der Waals surface area contributed by atoms with Crippen molar-refractivity contribution in [2.45, 2.75) is 19.3 Å². The SMILES string of the molecule is O=C1c2cc(-c3noc(C(F)(F)F)n3)ccc2CN1Cc1nccs1. The number of carbonyl (C=O) groups is 1. The highest BCUT2D eigenvalue weighted by molar-refractivity contribution is 7.09. The van der Waals surface area contributed by atoms with Crippen molar-refractivity contribution < 1.29 is 22.5 Å². The van der Waals surface area contributed by atoms with Crippen LogP contribution in [0.2, 0.25) is 0 Å². The van der Waals surface area contributed by atoms with Gasteiger partial charge in [0.25, 0.3) is 5.91 Å². The fourth-order valence-electron chi connectivity index (χ4n) is 2.58. The van der Waals surface area contributed by atoms with Crippen LogP contribution in [0, 0.1) is 0 Å². The van der Waals surface area contributed by atoms with Gasteiger partial charge in [-0.25, -0.2) is 4.98 Å². The molecule has 0 unspecified atom stereocenters. The molecule has 1 aliphatic rings. The first-order valence-electron chi connectivity index (χ1n) is 7.13. The molecule has 4 rings (SSSR count). The van der Waals surface area contributed by atoms with E-state index in [1.165, 1.54) is 17.4 Å². The van der Waals surface area contributed by atoms with Crippen LogP contribution in [-0.2, 0) is 19.3 Å². The second kappa shape index (κ2) is 5.66. The Kier molecular flexibility index (Phi) is 3.57. The van der Waals surface area contributed by atoms with Crippen molar-refractivity contribution in [3.63, 3.8) is 0 Å². The average molecular weight is 366 g/mol. The van der Waals surface area contributed by atoms with E-state index in [1.54, 1.807) is 23.2 Å². The predicted octanol–water partition coefficient (Wildman–Crippen LogP) is 3.37. The summed E-state index contributed by atoms with van der Waals surface area (Å²) >= 11 is 1.45. The van der Waals surface area contributed by atoms with Gasteiger partial charge in [0, 0.05) is 29.2 Å². The number of hydrogen-bond donors (Lipinski definition) is 0. The van der Waals surface area contributed by atoms with Crippen molar-refractivity contribution in [3.05, 3.63) is 51.8 Å². The Labute approximate surface area is 142 Å². The highest BCUT2D eigenvalue weighted by Crippen LogP contribution is 2.31. The van der Waals surface area contributed by atoms with Gasteiger partial charge in [-0.1, -0.05) is 17.3 Å². The van der Waals surface area contributed by atoms with Crippen LogP contribution in [0.5, 0.6) is 0 Å². The Hall–Kier alpha value is -2.75. The molecule has 0 spiro atoms. The molecule has 1 aliphatic heterocycles. The highest BCUT2D eigenvalue weighted by atomic mass is 32.1. The second-order valence-corrected chi connectivity index (χ2v) is 6.36. The van der Waals surface area contributed by atoms with E-state index in [2.05, 4.69) is 19.6 Å². The molecule has 1 amide bonds. The quantitative estimate of drug-likeness (QED) is 0.711. The Morgan fingerprint density at radius 1 is 1.32 bits per heavy atom. The molecule has 0 fully saturated rings. The molecule has 0 saturated heterocycles. The molecule has 3 heterocycles. The third-order valence-electron chi connectivity index (χ3n) is 3.73. The van der Waals surface area contributed by atoms with Crippen molar-refractivity contribution in [2.75, 3.05) is 0 Å². The Bertz CT molecular complexity index is 937. The lowest BCUT2D eigenvalue weighted by molar-refractivity contribution is -0.159. The number of nitrogens with zero attached hydrogens (tertiary/aromatic N) is 4. The Morgan fingerprint density at radius 3 is 2.84 bits per heavy atom. The van der Waals surface area contributed by atoms with Crippen LogP contribution in [0.15, 0.2) is 34.3 Å². The molecule has 2 aromatic heterocycles. The van der Waals surface area contributed by atoms with Crippen molar-refractivity contribution >= 4 is 17.2 Å². The summed E-state index contributed by atoms with van der Waals surface area (Å²) in [5.41, 5.74) is 1.51.